The Morgan fingerprint density at radius 2 is 0.643 bits per heavy atom. The number of aryl methyl sites for hydroxylation is 1. The van der Waals surface area contributed by atoms with Crippen LogP contribution < -0.4 is 27.2 Å². The van der Waals surface area contributed by atoms with Crippen molar-refractivity contribution in [2.45, 2.75) is 6.92 Å². The minimum absolute atomic E-state index is 0.00546. The van der Waals surface area contributed by atoms with Gasteiger partial charge in [0.2, 0.25) is 11.6 Å². The fraction of sp³-hybridized carbons (Fsp3) is 0.163. The second kappa shape index (κ2) is 18.6. The monoisotopic (exact) mass is 1040 g/mol. The molecule has 0 spiro atoms. The molecule has 0 amide bonds. The number of halogens is 20. The number of hydrogen-bond acceptors (Lipinski definition) is 5. The molecule has 370 valence electrons. The first-order valence-electron chi connectivity index (χ1n) is 19.7. The van der Waals surface area contributed by atoms with Gasteiger partial charge in [0.05, 0.1) is 11.0 Å². The molecule has 0 saturated carbocycles. The standard InChI is InChI=1S/C24BF20.C12H13N3O2.C7H9P/c26-5-1(6(27)14(35)21(42)13(5)34)25(2-7(28)15(36)22(43)16(37)8(2)29,3-9(30)17(38)23(44)18(39)10(3)31)4-11(32)19(40)24(45)20(41)12(4)33;16-9-7-8(13-1-2-13)12(17)11(15-5-6-15)10(9)14-3-4-14;1-6-4-2-3-5-7(6)8/h;7H,1-6H2;2-5H,8H2,1H3/q-1;;/p+1. The van der Waals surface area contributed by atoms with Gasteiger partial charge in [0.25, 0.3) is 0 Å². The molecule has 9 rings (SSSR count). The molecule has 0 bridgehead atoms. The highest BCUT2D eigenvalue weighted by molar-refractivity contribution is 7.27. The number of rotatable bonds is 7. The third-order valence-electron chi connectivity index (χ3n) is 11.5. The lowest BCUT2D eigenvalue weighted by molar-refractivity contribution is -0.117. The molecular weight excluding hydrogens is 1010 g/mol. The maximum Gasteiger partial charge on any atom is 0.227 e. The molecule has 5 aromatic rings. The van der Waals surface area contributed by atoms with E-state index in [4.69, 9.17) is 0 Å². The minimum Gasteiger partial charge on any atom is -0.365 e. The molecule has 0 aromatic heterocycles. The third kappa shape index (κ3) is 8.19. The van der Waals surface area contributed by atoms with Crippen molar-refractivity contribution in [3.8, 4) is 0 Å². The normalized spacial score (nSPS) is 15.3. The Kier molecular flexibility index (Phi) is 13.6. The first kappa shape index (κ1) is 51.3. The molecule has 3 aliphatic heterocycles. The number of carbonyl (C=O) groups is 2. The molecule has 3 fully saturated rings. The van der Waals surface area contributed by atoms with Crippen LogP contribution in [0.4, 0.5) is 87.8 Å². The molecule has 1 unspecified atom stereocenters. The van der Waals surface area contributed by atoms with Crippen LogP contribution in [-0.4, -0.2) is 71.7 Å². The zero-order chi connectivity index (χ0) is 51.9. The lowest BCUT2D eigenvalue weighted by atomic mass is 9.12. The van der Waals surface area contributed by atoms with Crippen LogP contribution in [0.3, 0.4) is 0 Å². The van der Waals surface area contributed by atoms with Crippen molar-refractivity contribution in [1.82, 2.24) is 14.7 Å². The molecule has 3 heterocycles. The lowest BCUT2D eigenvalue weighted by Gasteiger charge is -2.44. The number of benzene rings is 5. The molecule has 1 atom stereocenters. The van der Waals surface area contributed by atoms with Crippen molar-refractivity contribution in [2.75, 3.05) is 39.3 Å². The van der Waals surface area contributed by atoms with Gasteiger partial charge in [0.15, 0.2) is 69.8 Å². The van der Waals surface area contributed by atoms with Gasteiger partial charge in [-0.15, -0.1) is 21.9 Å². The van der Waals surface area contributed by atoms with E-state index in [1.807, 2.05) is 23.9 Å². The van der Waals surface area contributed by atoms with Crippen LogP contribution in [0.2, 0.25) is 0 Å². The van der Waals surface area contributed by atoms with Gasteiger partial charge in [0, 0.05) is 54.6 Å². The molecule has 5 aromatic carbocycles. The van der Waals surface area contributed by atoms with Crippen molar-refractivity contribution < 1.29 is 97.4 Å². The number of allylic oxidation sites excluding steroid dienone is 1. The summed E-state index contributed by atoms with van der Waals surface area (Å²) in [7, 11) is 1.93. The van der Waals surface area contributed by atoms with Gasteiger partial charge >= 0.3 is 0 Å². The van der Waals surface area contributed by atoms with E-state index < -0.39 is 144 Å². The van der Waals surface area contributed by atoms with Gasteiger partial charge in [-0.1, -0.05) is 18.2 Å². The van der Waals surface area contributed by atoms with Gasteiger partial charge in [-0.2, -0.15) is 0 Å². The highest BCUT2D eigenvalue weighted by Gasteiger charge is 2.52. The molecule has 0 N–H and O–H groups in total. The van der Waals surface area contributed by atoms with E-state index in [2.05, 4.69) is 31.2 Å². The van der Waals surface area contributed by atoms with Crippen LogP contribution in [0.25, 0.3) is 0 Å². The van der Waals surface area contributed by atoms with E-state index in [-0.39, 0.29) is 11.6 Å². The summed E-state index contributed by atoms with van der Waals surface area (Å²) in [5.41, 5.74) is -11.1. The van der Waals surface area contributed by atoms with Crippen molar-refractivity contribution in [1.29, 1.82) is 0 Å². The average Bonchev–Trinajstić information content (AvgIpc) is 4.15. The summed E-state index contributed by atoms with van der Waals surface area (Å²) in [5, 5.41) is 1.40. The molecule has 3 saturated heterocycles. The number of carbonyl (C=O) groups excluding carboxylic acids is 2. The van der Waals surface area contributed by atoms with Gasteiger partial charge in [0.1, 0.15) is 64.1 Å². The molecule has 4 aliphatic rings. The summed E-state index contributed by atoms with van der Waals surface area (Å²) < 4.78 is 294. The topological polar surface area (TPSA) is 43.2 Å². The molecule has 70 heavy (non-hydrogen) atoms. The van der Waals surface area contributed by atoms with Crippen LogP contribution in [0.5, 0.6) is 0 Å². The van der Waals surface area contributed by atoms with E-state index in [1.165, 1.54) is 16.9 Å². The molecule has 5 nitrogen and oxygen atoms in total. The quantitative estimate of drug-likeness (QED) is 0.0367. The number of Topliss-reactive ketones (excluding diaryl/α,β-unsaturated/α-hetero) is 1. The predicted molar refractivity (Wildman–Crippen MR) is 211 cm³/mol. The number of hydrogen-bond donors (Lipinski definition) is 0. The third-order valence-corrected chi connectivity index (χ3v) is 12.2. The maximum atomic E-state index is 15.4. The van der Waals surface area contributed by atoms with Crippen LogP contribution in [-0.2, 0) is 9.59 Å². The van der Waals surface area contributed by atoms with Gasteiger partial charge in [-0.25, -0.2) is 87.8 Å². The molecule has 27 heteroatoms. The fourth-order valence-corrected chi connectivity index (χ4v) is 8.01. The van der Waals surface area contributed by atoms with Gasteiger partial charge in [-0.3, -0.25) is 9.59 Å². The van der Waals surface area contributed by atoms with Crippen LogP contribution in [0.1, 0.15) is 5.56 Å². The van der Waals surface area contributed by atoms with E-state index in [0.29, 0.717) is 17.1 Å². The zero-order valence-electron chi connectivity index (χ0n) is 34.6. The average molecular weight is 1040 g/mol. The highest BCUT2D eigenvalue weighted by Crippen LogP contribution is 2.35. The van der Waals surface area contributed by atoms with Crippen LogP contribution in [0.15, 0.2) is 47.4 Å². The Bertz CT molecular complexity index is 2750. The Morgan fingerprint density at radius 3 is 0.886 bits per heavy atom. The first-order chi connectivity index (χ1) is 32.8. The zero-order valence-corrected chi connectivity index (χ0v) is 36.0. The number of ketones is 2. The fourth-order valence-electron chi connectivity index (χ4n) is 7.76. The van der Waals surface area contributed by atoms with Crippen LogP contribution in [0, 0.1) is 123 Å². The van der Waals surface area contributed by atoms with Gasteiger partial charge in [-0.05, 0) is 18.6 Å². The van der Waals surface area contributed by atoms with Crippen molar-refractivity contribution in [2.24, 2.45) is 0 Å². The second-order valence-corrected chi connectivity index (χ2v) is 16.4. The number of nitrogens with zero attached hydrogens (tertiary/aromatic N) is 3. The summed E-state index contributed by atoms with van der Waals surface area (Å²) in [6.07, 6.45) is -5.69. The maximum absolute atomic E-state index is 15.4. The summed E-state index contributed by atoms with van der Waals surface area (Å²) in [4.78, 5) is 30.5. The van der Waals surface area contributed by atoms with E-state index >= 15 is 35.1 Å². The predicted octanol–water partition coefficient (Wildman–Crippen LogP) is 6.25. The molecule has 1 aliphatic carbocycles. The Morgan fingerprint density at radius 1 is 0.386 bits per heavy atom. The molecule has 0 radical (unpaired) electrons. The Hall–Kier alpha value is -6.59. The SMILES string of the molecule is Cc1ccccc1[PH3+].Fc1c(F)c(F)c([B-](c2c(F)c(F)c(F)c(F)c2F)(c2c(F)c(F)c(F)c(F)c2F)c2c(F)c(F)c(F)c(F)c2F)c(F)c1F.O=C1C=C(N2CC2)C(=O)C(N2CC2)=C1N1CC1. The van der Waals surface area contributed by atoms with Crippen LogP contribution >= 0.6 is 9.24 Å². The van der Waals surface area contributed by atoms with Gasteiger partial charge < -0.3 is 14.7 Å². The summed E-state index contributed by atoms with van der Waals surface area (Å²) in [5.74, 6) is -71.4. The van der Waals surface area contributed by atoms with Crippen molar-refractivity contribution in [3.63, 3.8) is 0 Å². The Labute approximate surface area is 381 Å². The summed E-state index contributed by atoms with van der Waals surface area (Å²) >= 11 is 0. The smallest absolute Gasteiger partial charge is 0.227 e. The first-order valence-corrected chi connectivity index (χ1v) is 20.4. The molecular formula is C43H23BF20N3O2P. The Balaban J connectivity index is 0.000000231. The lowest BCUT2D eigenvalue weighted by Crippen LogP contribution is -2.81. The summed E-state index contributed by atoms with van der Waals surface area (Å²) in [6.45, 7) is 7.53. The second-order valence-electron chi connectivity index (χ2n) is 15.6. The van der Waals surface area contributed by atoms with E-state index in [9.17, 15) is 62.3 Å². The minimum atomic E-state index is -7.22. The largest absolute Gasteiger partial charge is 0.365 e. The van der Waals surface area contributed by atoms with Crippen molar-refractivity contribution in [3.05, 3.63) is 169 Å². The summed E-state index contributed by atoms with van der Waals surface area (Å²) in [6, 6.07) is 8.39. The van der Waals surface area contributed by atoms with E-state index in [0.717, 1.165) is 39.3 Å². The highest BCUT2D eigenvalue weighted by atomic mass is 31.0. The van der Waals surface area contributed by atoms with Crippen molar-refractivity contribution >= 4 is 54.1 Å². The van der Waals surface area contributed by atoms with E-state index in [1.54, 1.807) is 0 Å².